The van der Waals surface area contributed by atoms with Crippen LogP contribution in [0.1, 0.15) is 0 Å². The molecule has 2 N–H and O–H groups in total. The topological polar surface area (TPSA) is 57.5 Å². The zero-order valence-corrected chi connectivity index (χ0v) is 7.89. The van der Waals surface area contributed by atoms with E-state index in [1.807, 2.05) is 0 Å². The van der Waals surface area contributed by atoms with Gasteiger partial charge in [-0.15, -0.1) is 0 Å². The summed E-state index contributed by atoms with van der Waals surface area (Å²) < 4.78 is 0. The Balaban J connectivity index is -0.0000000480. The van der Waals surface area contributed by atoms with Gasteiger partial charge in [-0.05, 0) is 0 Å². The van der Waals surface area contributed by atoms with Gasteiger partial charge in [0.05, 0.1) is 0 Å². The van der Waals surface area contributed by atoms with Crippen molar-refractivity contribution in [2.75, 3.05) is 0 Å². The molecular weight excluding hydrogens is 202 g/mol. The molecule has 0 aliphatic rings. The van der Waals surface area contributed by atoms with Crippen LogP contribution < -0.4 is 0 Å². The Morgan fingerprint density at radius 1 is 1.43 bits per heavy atom. The summed E-state index contributed by atoms with van der Waals surface area (Å²) in [5.74, 6) is 0. The fourth-order valence-corrected chi connectivity index (χ4v) is 0. The van der Waals surface area contributed by atoms with E-state index in [2.05, 4.69) is 6.60 Å². The van der Waals surface area contributed by atoms with E-state index in [1.54, 1.807) is 0 Å². The molecule has 0 aliphatic heterocycles. The van der Waals surface area contributed by atoms with Gasteiger partial charge in [-0.25, -0.2) is 4.79 Å². The van der Waals surface area contributed by atoms with Crippen molar-refractivity contribution >= 4 is 87.7 Å². The molecule has 0 aromatic heterocycles. The summed E-state index contributed by atoms with van der Waals surface area (Å²) in [6.45, 7) is 3.12. The van der Waals surface area contributed by atoms with Crippen LogP contribution in [-0.2, 0) is 0 Å². The van der Waals surface area contributed by atoms with E-state index in [1.165, 1.54) is 0 Å². The van der Waals surface area contributed by atoms with Crippen molar-refractivity contribution in [1.29, 1.82) is 0 Å². The number of hydrogen-bond donors (Lipinski definition) is 2. The van der Waals surface area contributed by atoms with Crippen LogP contribution in [0, 0.1) is 0 Å². The molecule has 0 aromatic carbocycles. The van der Waals surface area contributed by atoms with Crippen molar-refractivity contribution in [2.45, 2.75) is 0 Å². The minimum absolute atomic E-state index is 0. The van der Waals surface area contributed by atoms with E-state index in [0.29, 0.717) is 0 Å². The molecule has 0 atom stereocenters. The molecule has 6 heteroatoms. The second kappa shape index (κ2) is 15.8. The predicted octanol–water partition coefficient (Wildman–Crippen LogP) is 0.0387. The SMILES string of the molecule is O=C(O)O.[K][Br].[NaH]. The third-order valence-corrected chi connectivity index (χ3v) is 0. The predicted molar refractivity (Wildman–Crippen MR) is 32.5 cm³/mol. The molecule has 0 unspecified atom stereocenters. The first-order valence-corrected chi connectivity index (χ1v) is 8.75. The Bertz CT molecular complexity index is 37.9. The normalized spacial score (nSPS) is 4.43. The Kier molecular flexibility index (Phi) is 36.5. The van der Waals surface area contributed by atoms with E-state index in [4.69, 9.17) is 15.0 Å². The molecular formula is CH3BrKNaO3. The number of carboxylic acid groups (broad SMARTS) is 2. The summed E-state index contributed by atoms with van der Waals surface area (Å²) in [6.07, 6.45) is -1.83. The summed E-state index contributed by atoms with van der Waals surface area (Å²) >= 11 is 0.875. The minimum atomic E-state index is -1.83. The van der Waals surface area contributed by atoms with Crippen LogP contribution in [0.5, 0.6) is 0 Å². The van der Waals surface area contributed by atoms with Crippen LogP contribution in [0.3, 0.4) is 0 Å². The molecule has 0 aromatic rings. The van der Waals surface area contributed by atoms with Gasteiger partial charge in [0.2, 0.25) is 0 Å². The molecule has 7 heavy (non-hydrogen) atoms. The number of hydrogen-bond acceptors (Lipinski definition) is 1. The summed E-state index contributed by atoms with van der Waals surface area (Å²) in [7, 11) is 0. The van der Waals surface area contributed by atoms with Crippen LogP contribution in [0.15, 0.2) is 0 Å². The Morgan fingerprint density at radius 3 is 1.43 bits per heavy atom. The van der Waals surface area contributed by atoms with Crippen LogP contribution in [0.25, 0.3) is 0 Å². The van der Waals surface area contributed by atoms with Crippen LogP contribution in [0.2, 0.25) is 0 Å². The van der Waals surface area contributed by atoms with Gasteiger partial charge in [-0.1, -0.05) is 0 Å². The van der Waals surface area contributed by atoms with Crippen LogP contribution >= 0.6 is 6.60 Å². The average molecular weight is 205 g/mol. The fraction of sp³-hybridized carbons (Fsp3) is 0. The molecule has 0 aliphatic carbocycles. The second-order valence-corrected chi connectivity index (χ2v) is 0.283. The monoisotopic (exact) mass is 204 g/mol. The van der Waals surface area contributed by atoms with Crippen molar-refractivity contribution in [1.82, 2.24) is 0 Å². The van der Waals surface area contributed by atoms with E-state index >= 15 is 0 Å². The average Bonchev–Trinajstić information content (AvgIpc) is 1.41. The molecule has 0 bridgehead atoms. The first-order valence-electron chi connectivity index (χ1n) is 1.03. The number of carbonyl (C=O) groups is 1. The maximum atomic E-state index is 8.56. The molecule has 0 fully saturated rings. The summed E-state index contributed by atoms with van der Waals surface area (Å²) in [5, 5.41) is 13.9. The number of halogens is 1. The Labute approximate surface area is 100.0 Å². The quantitative estimate of drug-likeness (QED) is 0.549. The van der Waals surface area contributed by atoms with Gasteiger partial charge in [-0.2, -0.15) is 0 Å². The van der Waals surface area contributed by atoms with E-state index < -0.39 is 6.16 Å². The van der Waals surface area contributed by atoms with Gasteiger partial charge in [0.1, 0.15) is 0 Å². The van der Waals surface area contributed by atoms with Crippen LogP contribution in [0.4, 0.5) is 4.79 Å². The third kappa shape index (κ3) is 60.1. The molecule has 0 amide bonds. The van der Waals surface area contributed by atoms with Crippen molar-refractivity contribution in [3.8, 4) is 0 Å². The van der Waals surface area contributed by atoms with Crippen molar-refractivity contribution in [3.05, 3.63) is 0 Å². The third-order valence-electron chi connectivity index (χ3n) is 0. The standard InChI is InChI=1S/CH2O3.BrH.K.Na.H/c2-1(3)4;;;;/h(H2,2,3,4);1H;;;/q;;+1;;/p-1. The zero-order chi connectivity index (χ0) is 5.58. The molecule has 3 nitrogen and oxygen atoms in total. The second-order valence-electron chi connectivity index (χ2n) is 0.283. The summed E-state index contributed by atoms with van der Waals surface area (Å²) in [6, 6.07) is 0. The molecule has 0 spiro atoms. The van der Waals surface area contributed by atoms with Crippen LogP contribution in [-0.4, -0.2) is 91.3 Å². The molecule has 0 rings (SSSR count). The van der Waals surface area contributed by atoms with Crippen molar-refractivity contribution in [2.24, 2.45) is 0 Å². The van der Waals surface area contributed by atoms with Crippen molar-refractivity contribution < 1.29 is 15.0 Å². The van der Waals surface area contributed by atoms with Gasteiger partial charge in [0.25, 0.3) is 0 Å². The molecule has 0 radical (unpaired) electrons. The van der Waals surface area contributed by atoms with Gasteiger partial charge in [0.15, 0.2) is 0 Å². The number of rotatable bonds is 0. The molecule has 34 valence electrons. The summed E-state index contributed by atoms with van der Waals surface area (Å²) in [4.78, 5) is 8.56. The Hall–Kier alpha value is 2.39. The van der Waals surface area contributed by atoms with Gasteiger partial charge in [-0.3, -0.25) is 0 Å². The zero-order valence-electron chi connectivity index (χ0n) is 3.18. The molecule has 0 saturated carbocycles. The molecule has 0 saturated heterocycles. The molecule has 0 heterocycles. The van der Waals surface area contributed by atoms with E-state index in [0.717, 1.165) is 45.4 Å². The van der Waals surface area contributed by atoms with Gasteiger partial charge in [0, 0.05) is 0 Å². The van der Waals surface area contributed by atoms with Crippen molar-refractivity contribution in [3.63, 3.8) is 0 Å². The van der Waals surface area contributed by atoms with Gasteiger partial charge < -0.3 is 10.2 Å². The summed E-state index contributed by atoms with van der Waals surface area (Å²) in [5.41, 5.74) is 0. The van der Waals surface area contributed by atoms with E-state index in [-0.39, 0.29) is 29.6 Å². The first kappa shape index (κ1) is 16.2. The Morgan fingerprint density at radius 2 is 1.43 bits per heavy atom. The fourth-order valence-electron chi connectivity index (χ4n) is 0. The maximum absolute atomic E-state index is 8.56. The van der Waals surface area contributed by atoms with E-state index in [9.17, 15) is 0 Å². The van der Waals surface area contributed by atoms with Gasteiger partial charge >= 0.3 is 87.7 Å². The first-order chi connectivity index (χ1) is 2.73.